The van der Waals surface area contributed by atoms with E-state index in [1.54, 1.807) is 0 Å². The molecule has 17 heavy (non-hydrogen) atoms. The van der Waals surface area contributed by atoms with Crippen molar-refractivity contribution in [2.24, 2.45) is 5.92 Å². The second kappa shape index (κ2) is 5.78. The molecule has 0 bridgehead atoms. The smallest absolute Gasteiger partial charge is 0.0449 e. The van der Waals surface area contributed by atoms with Gasteiger partial charge in [0.2, 0.25) is 0 Å². The molecule has 0 heterocycles. The van der Waals surface area contributed by atoms with E-state index in [0.29, 0.717) is 0 Å². The maximum Gasteiger partial charge on any atom is 0.0449 e. The van der Waals surface area contributed by atoms with Gasteiger partial charge in [-0.3, -0.25) is 0 Å². The predicted octanol–water partition coefficient (Wildman–Crippen LogP) is 2.88. The minimum atomic E-state index is 0.734. The fourth-order valence-electron chi connectivity index (χ4n) is 2.70. The molecule has 1 aromatic rings. The van der Waals surface area contributed by atoms with Gasteiger partial charge in [0, 0.05) is 16.6 Å². The summed E-state index contributed by atoms with van der Waals surface area (Å²) in [4.78, 5) is 0.909. The summed E-state index contributed by atoms with van der Waals surface area (Å²) in [7, 11) is 2.07. The van der Waals surface area contributed by atoms with Gasteiger partial charge in [0.05, 0.1) is 0 Å². The quantitative estimate of drug-likeness (QED) is 0.570. The van der Waals surface area contributed by atoms with Gasteiger partial charge in [-0.1, -0.05) is 6.07 Å². The molecule has 1 fully saturated rings. The summed E-state index contributed by atoms with van der Waals surface area (Å²) in [5, 5.41) is 3.38. The predicted molar refractivity (Wildman–Crippen MR) is 76.6 cm³/mol. The van der Waals surface area contributed by atoms with Gasteiger partial charge in [0.25, 0.3) is 0 Å². The number of anilines is 1. The third kappa shape index (κ3) is 3.39. The van der Waals surface area contributed by atoms with Gasteiger partial charge in [-0.05, 0) is 62.8 Å². The van der Waals surface area contributed by atoms with E-state index in [1.807, 2.05) is 6.07 Å². The molecule has 1 aliphatic carbocycles. The van der Waals surface area contributed by atoms with Crippen LogP contribution in [0.25, 0.3) is 0 Å². The normalized spacial score (nSPS) is 24.8. The topological polar surface area (TPSA) is 38.0 Å². The lowest BCUT2D eigenvalue weighted by atomic mass is 9.82. The first-order valence-electron chi connectivity index (χ1n) is 6.43. The van der Waals surface area contributed by atoms with E-state index in [0.717, 1.165) is 22.5 Å². The van der Waals surface area contributed by atoms with Crippen molar-refractivity contribution in [2.75, 3.05) is 12.8 Å². The van der Waals surface area contributed by atoms with Crippen LogP contribution in [0.2, 0.25) is 0 Å². The van der Waals surface area contributed by atoms with Crippen molar-refractivity contribution in [1.29, 1.82) is 0 Å². The largest absolute Gasteiger partial charge is 0.398 e. The molecule has 1 saturated carbocycles. The van der Waals surface area contributed by atoms with Gasteiger partial charge in [-0.2, -0.15) is 0 Å². The fourth-order valence-corrected chi connectivity index (χ4v) is 2.95. The Morgan fingerprint density at radius 3 is 2.59 bits per heavy atom. The average Bonchev–Trinajstić information content (AvgIpc) is 2.35. The Morgan fingerprint density at radius 2 is 2.00 bits per heavy atom. The van der Waals surface area contributed by atoms with Gasteiger partial charge >= 0.3 is 0 Å². The molecule has 0 radical (unpaired) electrons. The second-order valence-corrected chi connectivity index (χ2v) is 5.59. The fraction of sp³-hybridized carbons (Fsp3) is 0.571. The van der Waals surface area contributed by atoms with E-state index in [2.05, 4.69) is 37.1 Å². The van der Waals surface area contributed by atoms with E-state index in [1.165, 1.54) is 37.7 Å². The third-order valence-electron chi connectivity index (χ3n) is 3.87. The first-order chi connectivity index (χ1) is 8.19. The average molecular weight is 250 g/mol. The summed E-state index contributed by atoms with van der Waals surface area (Å²) in [6.07, 6.45) is 6.45. The minimum Gasteiger partial charge on any atom is -0.398 e. The summed E-state index contributed by atoms with van der Waals surface area (Å²) in [6, 6.07) is 6.96. The summed E-state index contributed by atoms with van der Waals surface area (Å²) in [6.45, 7) is 0. The van der Waals surface area contributed by atoms with Crippen LogP contribution >= 0.6 is 12.6 Å². The van der Waals surface area contributed by atoms with Gasteiger partial charge in [0.1, 0.15) is 0 Å². The first-order valence-corrected chi connectivity index (χ1v) is 6.88. The van der Waals surface area contributed by atoms with Crippen molar-refractivity contribution in [2.45, 2.75) is 43.0 Å². The first kappa shape index (κ1) is 12.8. The Labute approximate surface area is 109 Å². The number of nitrogens with two attached hydrogens (primary N) is 1. The zero-order chi connectivity index (χ0) is 12.3. The van der Waals surface area contributed by atoms with Crippen LogP contribution in [0.15, 0.2) is 23.1 Å². The molecular weight excluding hydrogens is 228 g/mol. The third-order valence-corrected chi connectivity index (χ3v) is 4.26. The van der Waals surface area contributed by atoms with Crippen LogP contribution in [-0.4, -0.2) is 13.1 Å². The van der Waals surface area contributed by atoms with Crippen LogP contribution in [0, 0.1) is 5.92 Å². The molecule has 0 spiro atoms. The van der Waals surface area contributed by atoms with Crippen LogP contribution < -0.4 is 11.1 Å². The number of rotatable bonds is 3. The number of thiol groups is 1. The number of hydrogen-bond donors (Lipinski definition) is 3. The zero-order valence-corrected chi connectivity index (χ0v) is 11.3. The number of hydrogen-bond acceptors (Lipinski definition) is 3. The lowest BCUT2D eigenvalue weighted by molar-refractivity contribution is 0.300. The van der Waals surface area contributed by atoms with Gasteiger partial charge in [-0.25, -0.2) is 0 Å². The van der Waals surface area contributed by atoms with Crippen LogP contribution in [-0.2, 0) is 6.42 Å². The van der Waals surface area contributed by atoms with E-state index in [4.69, 9.17) is 5.73 Å². The summed E-state index contributed by atoms with van der Waals surface area (Å²) in [5.74, 6) is 0.830. The highest BCUT2D eigenvalue weighted by Gasteiger charge is 2.20. The highest BCUT2D eigenvalue weighted by atomic mass is 32.1. The summed E-state index contributed by atoms with van der Waals surface area (Å²) >= 11 is 4.38. The highest BCUT2D eigenvalue weighted by molar-refractivity contribution is 7.80. The lowest BCUT2D eigenvalue weighted by Gasteiger charge is -2.28. The highest BCUT2D eigenvalue weighted by Crippen LogP contribution is 2.28. The Hall–Kier alpha value is -0.670. The van der Waals surface area contributed by atoms with Crippen molar-refractivity contribution in [3.8, 4) is 0 Å². The van der Waals surface area contributed by atoms with Gasteiger partial charge < -0.3 is 11.1 Å². The molecule has 0 aliphatic heterocycles. The van der Waals surface area contributed by atoms with Crippen LogP contribution in [0.5, 0.6) is 0 Å². The molecule has 3 heteroatoms. The molecule has 2 nitrogen and oxygen atoms in total. The van der Waals surface area contributed by atoms with Gasteiger partial charge in [0.15, 0.2) is 0 Å². The molecule has 2 rings (SSSR count). The summed E-state index contributed by atoms with van der Waals surface area (Å²) in [5.41, 5.74) is 7.92. The summed E-state index contributed by atoms with van der Waals surface area (Å²) < 4.78 is 0. The van der Waals surface area contributed by atoms with E-state index >= 15 is 0 Å². The molecule has 0 amide bonds. The maximum absolute atomic E-state index is 5.77. The second-order valence-electron chi connectivity index (χ2n) is 5.10. The monoisotopic (exact) mass is 250 g/mol. The van der Waals surface area contributed by atoms with Gasteiger partial charge in [-0.15, -0.1) is 12.6 Å². The van der Waals surface area contributed by atoms with E-state index in [-0.39, 0.29) is 0 Å². The van der Waals surface area contributed by atoms with E-state index < -0.39 is 0 Å². The minimum absolute atomic E-state index is 0.734. The number of nitrogens with one attached hydrogen (secondary N) is 1. The van der Waals surface area contributed by atoms with Crippen LogP contribution in [0.1, 0.15) is 31.2 Å². The Bertz CT molecular complexity index is 370. The van der Waals surface area contributed by atoms with Crippen molar-refractivity contribution in [3.05, 3.63) is 23.8 Å². The SMILES string of the molecule is CNC1CCC(Cc2ccc(N)c(S)c2)CC1. The Balaban J connectivity index is 1.91. The standard InChI is InChI=1S/C14H22N2S/c1-16-12-5-2-10(3-6-12)8-11-4-7-13(15)14(17)9-11/h4,7,9-10,12,16-17H,2-3,5-6,8,15H2,1H3. The number of benzene rings is 1. The molecule has 3 N–H and O–H groups in total. The molecule has 1 aliphatic rings. The lowest BCUT2D eigenvalue weighted by Crippen LogP contribution is -2.30. The van der Waals surface area contributed by atoms with Crippen LogP contribution in [0.4, 0.5) is 5.69 Å². The zero-order valence-electron chi connectivity index (χ0n) is 10.4. The van der Waals surface area contributed by atoms with Crippen molar-refractivity contribution >= 4 is 18.3 Å². The molecule has 0 aromatic heterocycles. The van der Waals surface area contributed by atoms with Crippen molar-refractivity contribution in [1.82, 2.24) is 5.32 Å². The van der Waals surface area contributed by atoms with Crippen molar-refractivity contribution in [3.63, 3.8) is 0 Å². The molecule has 0 saturated heterocycles. The Kier molecular flexibility index (Phi) is 4.35. The molecule has 0 unspecified atom stereocenters. The van der Waals surface area contributed by atoms with Crippen LogP contribution in [0.3, 0.4) is 0 Å². The molecular formula is C14H22N2S. The molecule has 0 atom stereocenters. The van der Waals surface area contributed by atoms with Crippen molar-refractivity contribution < 1.29 is 0 Å². The molecule has 1 aromatic carbocycles. The number of nitrogen functional groups attached to an aromatic ring is 1. The van der Waals surface area contributed by atoms with E-state index in [9.17, 15) is 0 Å². The Morgan fingerprint density at radius 1 is 1.29 bits per heavy atom. The maximum atomic E-state index is 5.77. The molecule has 94 valence electrons.